The third-order valence-electron chi connectivity index (χ3n) is 18.8. The maximum absolute atomic E-state index is 13.1. The summed E-state index contributed by atoms with van der Waals surface area (Å²) in [7, 11) is -9.92. The lowest BCUT2D eigenvalue weighted by molar-refractivity contribution is -0.161. The zero-order valence-corrected chi connectivity index (χ0v) is 66.7. The molecule has 17 nitrogen and oxygen atoms in total. The molecule has 0 spiro atoms. The van der Waals surface area contributed by atoms with Gasteiger partial charge in [-0.3, -0.25) is 37.3 Å². The Morgan fingerprint density at radius 2 is 0.460 bits per heavy atom. The number of hydrogen-bond acceptors (Lipinski definition) is 15. The molecule has 0 aliphatic rings. The van der Waals surface area contributed by atoms with E-state index in [4.69, 9.17) is 37.0 Å². The van der Waals surface area contributed by atoms with Crippen LogP contribution in [0.25, 0.3) is 0 Å². The largest absolute Gasteiger partial charge is 0.472 e. The van der Waals surface area contributed by atoms with Gasteiger partial charge in [0.25, 0.3) is 0 Å². The highest BCUT2D eigenvalue weighted by molar-refractivity contribution is 7.47. The molecule has 0 fully saturated rings. The summed E-state index contributed by atoms with van der Waals surface area (Å²) in [5.41, 5.74) is 0. The van der Waals surface area contributed by atoms with Gasteiger partial charge in [-0.2, -0.15) is 0 Å². The molecule has 0 rings (SSSR count). The number of aliphatic hydroxyl groups excluding tert-OH is 1. The van der Waals surface area contributed by atoms with Crippen LogP contribution in [0, 0.1) is 0 Å². The minimum Gasteiger partial charge on any atom is -0.462 e. The predicted octanol–water partition coefficient (Wildman–Crippen LogP) is 24.3. The molecule has 592 valence electrons. The molecule has 0 heterocycles. The van der Waals surface area contributed by atoms with Crippen LogP contribution < -0.4 is 0 Å². The average Bonchev–Trinajstić information content (AvgIpc) is 0.958. The summed E-state index contributed by atoms with van der Waals surface area (Å²) in [6.07, 6.45) is 68.9. The maximum atomic E-state index is 13.1. The second kappa shape index (κ2) is 75.0. The molecule has 19 heteroatoms. The number of rotatable bonds is 81. The number of phosphoric acid groups is 2. The van der Waals surface area contributed by atoms with E-state index in [2.05, 4.69) is 39.8 Å². The first-order valence-corrected chi connectivity index (χ1v) is 44.9. The first-order valence-electron chi connectivity index (χ1n) is 41.9. The molecule has 100 heavy (non-hydrogen) atoms. The Kier molecular flexibility index (Phi) is 73.4. The number of aliphatic hydroxyl groups is 1. The van der Waals surface area contributed by atoms with E-state index in [1.165, 1.54) is 238 Å². The number of carbonyl (C=O) groups excluding carboxylic acids is 4. The molecular formula is C81H156O17P2. The molecule has 0 aromatic carbocycles. The number of hydrogen-bond donors (Lipinski definition) is 3. The van der Waals surface area contributed by atoms with Crippen LogP contribution in [0.4, 0.5) is 0 Å². The second-order valence-electron chi connectivity index (χ2n) is 28.8. The van der Waals surface area contributed by atoms with Crippen molar-refractivity contribution in [1.29, 1.82) is 0 Å². The zero-order valence-electron chi connectivity index (χ0n) is 64.9. The standard InChI is InChI=1S/C81H156O17P2/c1-5-9-13-17-21-25-29-33-36-37-40-44-48-52-56-60-64-68-81(86)98-77(72-92-79(84)66-62-58-54-50-46-43-39-35-31-27-23-19-15-11-7-3)74-96-100(89,90)94-70-75(82)69-93-99(87,88)95-73-76(97-80(85)67-63-59-55-51-47-41-32-28-24-20-16-12-8-4)71-91-78(83)65-61-57-53-49-45-42-38-34-30-26-22-18-14-10-6-2/h34,38,75-77,82H,5-33,35-37,39-74H2,1-4H3,(H,87,88)(H,89,90)/b38-34-/t75-,76+,77+/m0/s1. The molecule has 0 saturated heterocycles. The van der Waals surface area contributed by atoms with Gasteiger partial charge in [0.2, 0.25) is 0 Å². The van der Waals surface area contributed by atoms with Gasteiger partial charge in [-0.15, -0.1) is 0 Å². The number of esters is 4. The normalized spacial score (nSPS) is 13.9. The van der Waals surface area contributed by atoms with Gasteiger partial charge >= 0.3 is 39.5 Å². The summed E-state index contributed by atoms with van der Waals surface area (Å²) < 4.78 is 68.7. The summed E-state index contributed by atoms with van der Waals surface area (Å²) in [4.78, 5) is 73.1. The van der Waals surface area contributed by atoms with Crippen molar-refractivity contribution >= 4 is 39.5 Å². The lowest BCUT2D eigenvalue weighted by atomic mass is 10.0. The van der Waals surface area contributed by atoms with Crippen LogP contribution in [-0.4, -0.2) is 96.7 Å². The van der Waals surface area contributed by atoms with Crippen LogP contribution in [0.1, 0.15) is 426 Å². The molecule has 3 N–H and O–H groups in total. The highest BCUT2D eigenvalue weighted by Crippen LogP contribution is 2.45. The maximum Gasteiger partial charge on any atom is 0.472 e. The van der Waals surface area contributed by atoms with Crippen LogP contribution in [0.15, 0.2) is 12.2 Å². The number of carbonyl (C=O) groups is 4. The van der Waals surface area contributed by atoms with Crippen molar-refractivity contribution in [2.24, 2.45) is 0 Å². The van der Waals surface area contributed by atoms with E-state index in [0.717, 1.165) is 109 Å². The minimum absolute atomic E-state index is 0.105. The summed E-state index contributed by atoms with van der Waals surface area (Å²) in [5, 5.41) is 10.6. The van der Waals surface area contributed by atoms with Crippen molar-refractivity contribution in [3.63, 3.8) is 0 Å². The first-order chi connectivity index (χ1) is 48.7. The Morgan fingerprint density at radius 1 is 0.270 bits per heavy atom. The van der Waals surface area contributed by atoms with E-state index in [1.807, 2.05) is 0 Å². The van der Waals surface area contributed by atoms with Crippen LogP contribution in [0.2, 0.25) is 0 Å². The van der Waals surface area contributed by atoms with E-state index < -0.39 is 97.5 Å². The van der Waals surface area contributed by atoms with Gasteiger partial charge in [0.15, 0.2) is 12.2 Å². The van der Waals surface area contributed by atoms with E-state index in [0.29, 0.717) is 25.7 Å². The van der Waals surface area contributed by atoms with E-state index in [9.17, 15) is 43.2 Å². The van der Waals surface area contributed by atoms with Gasteiger partial charge in [-0.05, 0) is 51.4 Å². The number of unbranched alkanes of at least 4 members (excludes halogenated alkanes) is 53. The quantitative estimate of drug-likeness (QED) is 0.0169. The lowest BCUT2D eigenvalue weighted by Gasteiger charge is -2.21. The number of ether oxygens (including phenoxy) is 4. The van der Waals surface area contributed by atoms with Crippen molar-refractivity contribution in [3.05, 3.63) is 12.2 Å². The Hall–Kier alpha value is -2.20. The molecule has 0 aromatic rings. The first kappa shape index (κ1) is 97.8. The van der Waals surface area contributed by atoms with Gasteiger partial charge in [0.1, 0.15) is 19.3 Å². The SMILES string of the molecule is CCCCCCCC/C=C\CCCCCCCC(=O)OC[C@H](COP(=O)(O)OC[C@H](O)COP(=O)(O)OC[C@@H](COC(=O)CCCCCCCCCCCCCCCCC)OC(=O)CCCCCCCCCCCCCCCCCCC)OC(=O)CCCCCCCCCCCCCCC. The minimum atomic E-state index is -4.96. The summed E-state index contributed by atoms with van der Waals surface area (Å²) in [6.45, 7) is 5.01. The van der Waals surface area contributed by atoms with Crippen molar-refractivity contribution in [2.75, 3.05) is 39.6 Å². The molecule has 0 aromatic heterocycles. The Morgan fingerprint density at radius 3 is 0.690 bits per heavy atom. The molecule has 0 bridgehead atoms. The van der Waals surface area contributed by atoms with Crippen molar-refractivity contribution in [3.8, 4) is 0 Å². The van der Waals surface area contributed by atoms with E-state index in [-0.39, 0.29) is 25.7 Å². The third-order valence-corrected chi connectivity index (χ3v) is 20.7. The average molecular weight is 1460 g/mol. The van der Waals surface area contributed by atoms with Gasteiger partial charge in [0.05, 0.1) is 26.4 Å². The van der Waals surface area contributed by atoms with E-state index in [1.54, 1.807) is 0 Å². The van der Waals surface area contributed by atoms with Gasteiger partial charge < -0.3 is 33.8 Å². The molecule has 0 saturated carbocycles. The van der Waals surface area contributed by atoms with Crippen molar-refractivity contribution in [2.45, 2.75) is 444 Å². The van der Waals surface area contributed by atoms with Crippen molar-refractivity contribution < 1.29 is 80.2 Å². The van der Waals surface area contributed by atoms with Crippen LogP contribution in [0.5, 0.6) is 0 Å². The molecule has 2 unspecified atom stereocenters. The van der Waals surface area contributed by atoms with Gasteiger partial charge in [-0.25, -0.2) is 9.13 Å². The van der Waals surface area contributed by atoms with Crippen LogP contribution in [0.3, 0.4) is 0 Å². The van der Waals surface area contributed by atoms with Crippen molar-refractivity contribution in [1.82, 2.24) is 0 Å². The predicted molar refractivity (Wildman–Crippen MR) is 409 cm³/mol. The molecule has 0 aliphatic carbocycles. The highest BCUT2D eigenvalue weighted by Gasteiger charge is 2.30. The molecule has 0 aliphatic heterocycles. The second-order valence-corrected chi connectivity index (χ2v) is 31.7. The summed E-state index contributed by atoms with van der Waals surface area (Å²) in [6, 6.07) is 0. The zero-order chi connectivity index (χ0) is 73.2. The fraction of sp³-hybridized carbons (Fsp3) is 0.926. The summed E-state index contributed by atoms with van der Waals surface area (Å²) >= 11 is 0. The molecule has 5 atom stereocenters. The molecule has 0 amide bonds. The topological polar surface area (TPSA) is 237 Å². The Labute approximate surface area is 612 Å². The Bertz CT molecular complexity index is 1940. The van der Waals surface area contributed by atoms with E-state index >= 15 is 0 Å². The monoisotopic (exact) mass is 1460 g/mol. The van der Waals surface area contributed by atoms with Crippen LogP contribution >= 0.6 is 15.6 Å². The fourth-order valence-corrected chi connectivity index (χ4v) is 13.9. The number of phosphoric ester groups is 2. The van der Waals surface area contributed by atoms with Gasteiger partial charge in [-0.1, -0.05) is 361 Å². The third kappa shape index (κ3) is 74.1. The Balaban J connectivity index is 5.28. The number of allylic oxidation sites excluding steroid dienone is 2. The molecular weight excluding hydrogens is 1310 g/mol. The highest BCUT2D eigenvalue weighted by atomic mass is 31.2. The smallest absolute Gasteiger partial charge is 0.462 e. The molecule has 0 radical (unpaired) electrons. The fourth-order valence-electron chi connectivity index (χ4n) is 12.3. The summed E-state index contributed by atoms with van der Waals surface area (Å²) in [5.74, 6) is -2.12. The lowest BCUT2D eigenvalue weighted by Crippen LogP contribution is -2.30. The van der Waals surface area contributed by atoms with Crippen LogP contribution in [-0.2, 0) is 65.4 Å². The van der Waals surface area contributed by atoms with Gasteiger partial charge in [0, 0.05) is 25.7 Å².